The van der Waals surface area contributed by atoms with Crippen LogP contribution in [0.5, 0.6) is 0 Å². The molecule has 0 bridgehead atoms. The second kappa shape index (κ2) is 6.35. The van der Waals surface area contributed by atoms with Gasteiger partial charge in [-0.1, -0.05) is 0 Å². The van der Waals surface area contributed by atoms with Crippen LogP contribution in [0, 0.1) is 0 Å². The molecule has 0 spiro atoms. The van der Waals surface area contributed by atoms with Crippen molar-refractivity contribution in [3.63, 3.8) is 0 Å². The number of fused-ring (bicyclic) bond motifs is 1. The Morgan fingerprint density at radius 3 is 2.86 bits per heavy atom. The number of nitrogens with zero attached hydrogens (tertiary/aromatic N) is 1. The van der Waals surface area contributed by atoms with E-state index >= 15 is 0 Å². The van der Waals surface area contributed by atoms with Crippen LogP contribution in [0.15, 0.2) is 0 Å². The van der Waals surface area contributed by atoms with Crippen LogP contribution in [0.4, 0.5) is 0 Å². The largest absolute Gasteiger partial charge is 0.381 e. The van der Waals surface area contributed by atoms with E-state index < -0.39 is 0 Å². The highest BCUT2D eigenvalue weighted by molar-refractivity contribution is 7.11. The van der Waals surface area contributed by atoms with Crippen LogP contribution in [-0.2, 0) is 11.2 Å². The second-order valence-corrected chi connectivity index (χ2v) is 8.61. The highest BCUT2D eigenvalue weighted by atomic mass is 32.1. The van der Waals surface area contributed by atoms with Crippen LogP contribution in [0.25, 0.3) is 0 Å². The summed E-state index contributed by atoms with van der Waals surface area (Å²) in [6, 6.07) is 0. The summed E-state index contributed by atoms with van der Waals surface area (Å²) in [5.41, 5.74) is 1.58. The van der Waals surface area contributed by atoms with Crippen molar-refractivity contribution in [3.8, 4) is 0 Å². The molecule has 0 amide bonds. The molecule has 0 radical (unpaired) electrons. The number of hydrogen-bond acceptors (Lipinski definition) is 4. The maximum absolute atomic E-state index is 5.64. The van der Waals surface area contributed by atoms with E-state index in [2.05, 4.69) is 26.1 Å². The van der Waals surface area contributed by atoms with Crippen molar-refractivity contribution in [1.82, 2.24) is 10.3 Å². The first-order valence-corrected chi connectivity index (χ1v) is 9.17. The Hall–Kier alpha value is -0.450. The molecule has 2 heterocycles. The number of thiazole rings is 1. The molecule has 1 N–H and O–H groups in total. The molecule has 1 aromatic rings. The van der Waals surface area contributed by atoms with Gasteiger partial charge < -0.3 is 10.1 Å². The van der Waals surface area contributed by atoms with E-state index in [4.69, 9.17) is 9.72 Å². The fourth-order valence-electron chi connectivity index (χ4n) is 3.26. The van der Waals surface area contributed by atoms with Gasteiger partial charge in [0.2, 0.25) is 0 Å². The number of hydrogen-bond donors (Lipinski definition) is 1. The SMILES string of the molecule is CC(C)(C)NCC1CCCc2sc(C3CCCOC3)nc21. The summed E-state index contributed by atoms with van der Waals surface area (Å²) in [6.07, 6.45) is 6.25. The van der Waals surface area contributed by atoms with Gasteiger partial charge in [0.15, 0.2) is 0 Å². The summed E-state index contributed by atoms with van der Waals surface area (Å²) in [5.74, 6) is 1.15. The van der Waals surface area contributed by atoms with E-state index in [1.54, 1.807) is 4.88 Å². The van der Waals surface area contributed by atoms with E-state index in [1.165, 1.54) is 42.8 Å². The summed E-state index contributed by atoms with van der Waals surface area (Å²) >= 11 is 1.96. The number of nitrogens with one attached hydrogen (secondary N) is 1. The second-order valence-electron chi connectivity index (χ2n) is 7.49. The molecule has 2 aliphatic rings. The average Bonchev–Trinajstić information content (AvgIpc) is 2.89. The van der Waals surface area contributed by atoms with Crippen molar-refractivity contribution in [2.75, 3.05) is 19.8 Å². The third-order valence-electron chi connectivity index (χ3n) is 4.48. The minimum atomic E-state index is 0.188. The summed E-state index contributed by atoms with van der Waals surface area (Å²) in [4.78, 5) is 6.60. The molecule has 4 heteroatoms. The summed E-state index contributed by atoms with van der Waals surface area (Å²) < 4.78 is 5.64. The minimum absolute atomic E-state index is 0.188. The van der Waals surface area contributed by atoms with Crippen molar-refractivity contribution in [1.29, 1.82) is 0 Å². The average molecular weight is 308 g/mol. The van der Waals surface area contributed by atoms with Crippen molar-refractivity contribution >= 4 is 11.3 Å². The molecular weight excluding hydrogens is 280 g/mol. The van der Waals surface area contributed by atoms with E-state index in [0.29, 0.717) is 11.8 Å². The molecule has 1 fully saturated rings. The molecule has 21 heavy (non-hydrogen) atoms. The Morgan fingerprint density at radius 2 is 2.14 bits per heavy atom. The zero-order valence-electron chi connectivity index (χ0n) is 13.6. The first kappa shape index (κ1) is 15.4. The Bertz CT molecular complexity index is 472. The van der Waals surface area contributed by atoms with Gasteiger partial charge in [-0.05, 0) is 52.9 Å². The van der Waals surface area contributed by atoms with Crippen LogP contribution in [-0.4, -0.2) is 30.3 Å². The van der Waals surface area contributed by atoms with Gasteiger partial charge in [0.25, 0.3) is 0 Å². The molecule has 3 rings (SSSR count). The third kappa shape index (κ3) is 3.85. The predicted octanol–water partition coefficient (Wildman–Crippen LogP) is 3.85. The molecule has 3 nitrogen and oxygen atoms in total. The maximum Gasteiger partial charge on any atom is 0.0985 e. The molecule has 118 valence electrons. The Morgan fingerprint density at radius 1 is 1.29 bits per heavy atom. The lowest BCUT2D eigenvalue weighted by molar-refractivity contribution is 0.0803. The van der Waals surface area contributed by atoms with Crippen molar-refractivity contribution < 1.29 is 4.74 Å². The first-order chi connectivity index (χ1) is 10.0. The van der Waals surface area contributed by atoms with E-state index in [9.17, 15) is 0 Å². The molecule has 0 aromatic carbocycles. The van der Waals surface area contributed by atoms with E-state index in [0.717, 1.165) is 19.8 Å². The van der Waals surface area contributed by atoms with Gasteiger partial charge in [0.1, 0.15) is 0 Å². The van der Waals surface area contributed by atoms with Crippen LogP contribution >= 0.6 is 11.3 Å². The zero-order chi connectivity index (χ0) is 14.9. The minimum Gasteiger partial charge on any atom is -0.381 e. The molecule has 0 saturated carbocycles. The topological polar surface area (TPSA) is 34.1 Å². The molecular formula is C17H28N2OS. The quantitative estimate of drug-likeness (QED) is 0.921. The van der Waals surface area contributed by atoms with Gasteiger partial charge >= 0.3 is 0 Å². The van der Waals surface area contributed by atoms with Crippen molar-refractivity contribution in [2.24, 2.45) is 0 Å². The highest BCUT2D eigenvalue weighted by Crippen LogP contribution is 2.38. The molecule has 1 aliphatic carbocycles. The lowest BCUT2D eigenvalue weighted by Gasteiger charge is -2.27. The number of aryl methyl sites for hydroxylation is 1. The smallest absolute Gasteiger partial charge is 0.0985 e. The monoisotopic (exact) mass is 308 g/mol. The molecule has 2 atom stereocenters. The lowest BCUT2D eigenvalue weighted by Crippen LogP contribution is -2.39. The maximum atomic E-state index is 5.64. The normalized spacial score (nSPS) is 26.6. The Labute approximate surface area is 132 Å². The van der Waals surface area contributed by atoms with Gasteiger partial charge in [-0.25, -0.2) is 4.98 Å². The summed E-state index contributed by atoms with van der Waals surface area (Å²) in [5, 5.41) is 5.00. The number of aromatic nitrogens is 1. The third-order valence-corrected chi connectivity index (χ3v) is 5.77. The summed E-state index contributed by atoms with van der Waals surface area (Å²) in [7, 11) is 0. The van der Waals surface area contributed by atoms with Gasteiger partial charge in [-0.2, -0.15) is 0 Å². The van der Waals surface area contributed by atoms with Crippen LogP contribution in [0.3, 0.4) is 0 Å². The molecule has 1 aliphatic heterocycles. The van der Waals surface area contributed by atoms with Gasteiger partial charge in [0.05, 0.1) is 17.3 Å². The van der Waals surface area contributed by atoms with Crippen molar-refractivity contribution in [2.45, 2.75) is 70.3 Å². The Kier molecular flexibility index (Phi) is 4.67. The highest BCUT2D eigenvalue weighted by Gasteiger charge is 2.28. The van der Waals surface area contributed by atoms with Gasteiger partial charge in [0, 0.05) is 35.4 Å². The fraction of sp³-hybridized carbons (Fsp3) is 0.824. The Balaban J connectivity index is 1.73. The van der Waals surface area contributed by atoms with Crippen LogP contribution < -0.4 is 5.32 Å². The van der Waals surface area contributed by atoms with Crippen LogP contribution in [0.2, 0.25) is 0 Å². The number of rotatable bonds is 3. The zero-order valence-corrected chi connectivity index (χ0v) is 14.4. The van der Waals surface area contributed by atoms with Crippen LogP contribution in [0.1, 0.15) is 73.9 Å². The van der Waals surface area contributed by atoms with Gasteiger partial charge in [-0.3, -0.25) is 0 Å². The molecule has 2 unspecified atom stereocenters. The standard InChI is InChI=1S/C17H28N2OS/c1-17(2,3)18-10-12-6-4-8-14-15(12)19-16(21-14)13-7-5-9-20-11-13/h12-13,18H,4-11H2,1-3H3. The fourth-order valence-corrected chi connectivity index (χ4v) is 4.58. The van der Waals surface area contributed by atoms with E-state index in [1.807, 2.05) is 11.3 Å². The molecule has 1 saturated heterocycles. The number of ether oxygens (including phenoxy) is 1. The predicted molar refractivity (Wildman–Crippen MR) is 88.3 cm³/mol. The van der Waals surface area contributed by atoms with Gasteiger partial charge in [-0.15, -0.1) is 11.3 Å². The summed E-state index contributed by atoms with van der Waals surface area (Å²) in [6.45, 7) is 9.57. The first-order valence-electron chi connectivity index (χ1n) is 8.35. The molecule has 1 aromatic heterocycles. The van der Waals surface area contributed by atoms with Crippen molar-refractivity contribution in [3.05, 3.63) is 15.6 Å². The lowest BCUT2D eigenvalue weighted by atomic mass is 9.90. The van der Waals surface area contributed by atoms with E-state index in [-0.39, 0.29) is 5.54 Å².